The van der Waals surface area contributed by atoms with Crippen LogP contribution < -0.4 is 5.32 Å². The highest BCUT2D eigenvalue weighted by Gasteiger charge is 2.36. The summed E-state index contributed by atoms with van der Waals surface area (Å²) < 4.78 is 1.74. The Hall–Kier alpha value is -1.79. The number of thioether (sulfide) groups is 1. The second-order valence-electron chi connectivity index (χ2n) is 5.98. The standard InChI is InChI=1S/C17H21N3O2S/c1-20-10-12(9-18-20)16(11-7-13(21)8-11)19-17(22)14-5-3-4-6-15(14)23-2/h3-6,9-11,13,16,21H,7-8H2,1-2H3,(H,19,22)/t11?,13?,16-/m0/s1. The molecule has 0 spiro atoms. The van der Waals surface area contributed by atoms with Crippen LogP contribution in [0.2, 0.25) is 0 Å². The van der Waals surface area contributed by atoms with E-state index in [0.717, 1.165) is 10.5 Å². The zero-order chi connectivity index (χ0) is 16.4. The minimum absolute atomic E-state index is 0.0785. The Kier molecular flexibility index (Phi) is 4.73. The number of aromatic nitrogens is 2. The molecule has 1 aromatic carbocycles. The molecule has 2 N–H and O–H groups in total. The van der Waals surface area contributed by atoms with Gasteiger partial charge in [-0.2, -0.15) is 5.10 Å². The Morgan fingerprint density at radius 3 is 2.78 bits per heavy atom. The summed E-state index contributed by atoms with van der Waals surface area (Å²) in [5.41, 5.74) is 1.67. The smallest absolute Gasteiger partial charge is 0.252 e. The Bertz CT molecular complexity index is 695. The van der Waals surface area contributed by atoms with Crippen molar-refractivity contribution in [3.05, 3.63) is 47.8 Å². The first-order chi connectivity index (χ1) is 11.1. The van der Waals surface area contributed by atoms with E-state index >= 15 is 0 Å². The molecule has 6 heteroatoms. The quantitative estimate of drug-likeness (QED) is 0.826. The van der Waals surface area contributed by atoms with Crippen LogP contribution in [0.5, 0.6) is 0 Å². The number of aliphatic hydroxyl groups excluding tert-OH is 1. The summed E-state index contributed by atoms with van der Waals surface area (Å²) in [6.45, 7) is 0. The SMILES string of the molecule is CSc1ccccc1C(=O)N[C@H](c1cnn(C)c1)C1CC(O)C1. The highest BCUT2D eigenvalue weighted by atomic mass is 32.2. The molecule has 1 aliphatic rings. The number of aliphatic hydroxyl groups is 1. The number of hydrogen-bond donors (Lipinski definition) is 2. The number of aryl methyl sites for hydroxylation is 1. The fraction of sp³-hybridized carbons (Fsp3) is 0.412. The van der Waals surface area contributed by atoms with E-state index < -0.39 is 0 Å². The maximum atomic E-state index is 12.7. The van der Waals surface area contributed by atoms with Crippen LogP contribution in [0.1, 0.15) is 34.8 Å². The number of nitrogens with one attached hydrogen (secondary N) is 1. The van der Waals surface area contributed by atoms with Gasteiger partial charge in [-0.25, -0.2) is 0 Å². The lowest BCUT2D eigenvalue weighted by Gasteiger charge is -2.37. The average Bonchev–Trinajstić information content (AvgIpc) is 2.96. The predicted molar refractivity (Wildman–Crippen MR) is 90.4 cm³/mol. The van der Waals surface area contributed by atoms with Crippen molar-refractivity contribution in [3.8, 4) is 0 Å². The van der Waals surface area contributed by atoms with E-state index in [1.54, 1.807) is 22.6 Å². The van der Waals surface area contributed by atoms with Gasteiger partial charge in [0.1, 0.15) is 0 Å². The van der Waals surface area contributed by atoms with Gasteiger partial charge < -0.3 is 10.4 Å². The van der Waals surface area contributed by atoms with Gasteiger partial charge in [0.05, 0.1) is 23.9 Å². The van der Waals surface area contributed by atoms with Crippen LogP contribution in [0.25, 0.3) is 0 Å². The van der Waals surface area contributed by atoms with Gasteiger partial charge in [0.2, 0.25) is 0 Å². The number of benzene rings is 1. The van der Waals surface area contributed by atoms with Crippen LogP contribution in [-0.4, -0.2) is 33.2 Å². The molecule has 23 heavy (non-hydrogen) atoms. The fourth-order valence-electron chi connectivity index (χ4n) is 3.03. The van der Waals surface area contributed by atoms with Crippen LogP contribution in [0.4, 0.5) is 0 Å². The van der Waals surface area contributed by atoms with E-state index in [9.17, 15) is 9.90 Å². The molecule has 1 heterocycles. The molecular weight excluding hydrogens is 310 g/mol. The third kappa shape index (κ3) is 3.43. The lowest BCUT2D eigenvalue weighted by molar-refractivity contribution is 0.0235. The molecule has 0 bridgehead atoms. The molecule has 2 aromatic rings. The summed E-state index contributed by atoms with van der Waals surface area (Å²) in [7, 11) is 1.86. The zero-order valence-corrected chi connectivity index (χ0v) is 14.1. The molecule has 0 radical (unpaired) electrons. The lowest BCUT2D eigenvalue weighted by Crippen LogP contribution is -2.41. The van der Waals surface area contributed by atoms with Crippen LogP contribution in [0, 0.1) is 5.92 Å². The molecule has 1 amide bonds. The summed E-state index contributed by atoms with van der Waals surface area (Å²) in [5, 5.41) is 17.0. The minimum atomic E-state index is -0.255. The molecule has 0 unspecified atom stereocenters. The second-order valence-corrected chi connectivity index (χ2v) is 6.83. The molecule has 0 saturated heterocycles. The first kappa shape index (κ1) is 16.1. The van der Waals surface area contributed by atoms with E-state index in [2.05, 4.69) is 10.4 Å². The number of hydrogen-bond acceptors (Lipinski definition) is 4. The van der Waals surface area contributed by atoms with Crippen molar-refractivity contribution in [2.75, 3.05) is 6.26 Å². The van der Waals surface area contributed by atoms with Gasteiger partial charge in [-0.05, 0) is 37.1 Å². The molecule has 1 saturated carbocycles. The number of carbonyl (C=O) groups excluding carboxylic acids is 1. The average molecular weight is 331 g/mol. The van der Waals surface area contributed by atoms with Crippen LogP contribution in [-0.2, 0) is 7.05 Å². The van der Waals surface area contributed by atoms with E-state index in [4.69, 9.17) is 0 Å². The maximum absolute atomic E-state index is 12.7. The molecular formula is C17H21N3O2S. The van der Waals surface area contributed by atoms with E-state index in [1.165, 1.54) is 0 Å². The van der Waals surface area contributed by atoms with Gasteiger partial charge in [0.15, 0.2) is 0 Å². The third-order valence-corrected chi connectivity index (χ3v) is 5.14. The van der Waals surface area contributed by atoms with Crippen molar-refractivity contribution in [1.82, 2.24) is 15.1 Å². The minimum Gasteiger partial charge on any atom is -0.393 e. The van der Waals surface area contributed by atoms with Gasteiger partial charge in [-0.3, -0.25) is 9.48 Å². The molecule has 1 aliphatic carbocycles. The van der Waals surface area contributed by atoms with Crippen LogP contribution in [0.15, 0.2) is 41.6 Å². The van der Waals surface area contributed by atoms with Crippen molar-refractivity contribution in [2.45, 2.75) is 29.9 Å². The highest BCUT2D eigenvalue weighted by Crippen LogP contribution is 2.38. The van der Waals surface area contributed by atoms with Gasteiger partial charge in [-0.15, -0.1) is 11.8 Å². The van der Waals surface area contributed by atoms with Crippen molar-refractivity contribution >= 4 is 17.7 Å². The Morgan fingerprint density at radius 1 is 1.43 bits per heavy atom. The summed E-state index contributed by atoms with van der Waals surface area (Å²) >= 11 is 1.56. The van der Waals surface area contributed by atoms with E-state index in [0.29, 0.717) is 18.4 Å². The van der Waals surface area contributed by atoms with Gasteiger partial charge in [0, 0.05) is 23.7 Å². The molecule has 1 atom stereocenters. The second kappa shape index (κ2) is 6.76. The lowest BCUT2D eigenvalue weighted by atomic mass is 9.75. The molecule has 1 fully saturated rings. The molecule has 0 aliphatic heterocycles. The van der Waals surface area contributed by atoms with Gasteiger partial charge >= 0.3 is 0 Å². The Morgan fingerprint density at radius 2 is 2.17 bits per heavy atom. The van der Waals surface area contributed by atoms with E-state index in [1.807, 2.05) is 43.8 Å². The summed E-state index contributed by atoms with van der Waals surface area (Å²) in [6.07, 6.45) is 6.85. The predicted octanol–water partition coefficient (Wildman–Crippen LogP) is 2.38. The highest BCUT2D eigenvalue weighted by molar-refractivity contribution is 7.98. The molecule has 3 rings (SSSR count). The summed E-state index contributed by atoms with van der Waals surface area (Å²) in [4.78, 5) is 13.7. The molecule has 5 nitrogen and oxygen atoms in total. The number of rotatable bonds is 5. The summed E-state index contributed by atoms with van der Waals surface area (Å²) in [6, 6.07) is 7.49. The summed E-state index contributed by atoms with van der Waals surface area (Å²) in [5.74, 6) is 0.171. The topological polar surface area (TPSA) is 67.2 Å². The van der Waals surface area contributed by atoms with Crippen LogP contribution in [0.3, 0.4) is 0 Å². The monoisotopic (exact) mass is 331 g/mol. The number of carbonyl (C=O) groups is 1. The largest absolute Gasteiger partial charge is 0.393 e. The number of nitrogens with zero attached hydrogens (tertiary/aromatic N) is 2. The maximum Gasteiger partial charge on any atom is 0.252 e. The van der Waals surface area contributed by atoms with Crippen molar-refractivity contribution < 1.29 is 9.90 Å². The van der Waals surface area contributed by atoms with Crippen molar-refractivity contribution in [2.24, 2.45) is 13.0 Å². The first-order valence-electron chi connectivity index (χ1n) is 7.69. The normalized spacial score (nSPS) is 21.5. The zero-order valence-electron chi connectivity index (χ0n) is 13.3. The number of amides is 1. The van der Waals surface area contributed by atoms with Crippen LogP contribution >= 0.6 is 11.8 Å². The molecule has 1 aromatic heterocycles. The van der Waals surface area contributed by atoms with Gasteiger partial charge in [0.25, 0.3) is 5.91 Å². The first-order valence-corrected chi connectivity index (χ1v) is 8.91. The van der Waals surface area contributed by atoms with E-state index in [-0.39, 0.29) is 24.0 Å². The van der Waals surface area contributed by atoms with Crippen molar-refractivity contribution in [1.29, 1.82) is 0 Å². The van der Waals surface area contributed by atoms with Gasteiger partial charge in [-0.1, -0.05) is 12.1 Å². The van der Waals surface area contributed by atoms with Crippen molar-refractivity contribution in [3.63, 3.8) is 0 Å². The molecule has 122 valence electrons. The third-order valence-electron chi connectivity index (χ3n) is 4.34. The fourth-order valence-corrected chi connectivity index (χ4v) is 3.62. The Balaban J connectivity index is 1.82. The Labute approximate surface area is 140 Å².